The van der Waals surface area contributed by atoms with E-state index in [2.05, 4.69) is 24.0 Å². The largest absolute Gasteiger partial charge is 0.388 e. The lowest BCUT2D eigenvalue weighted by atomic mass is 10.0. The third-order valence-corrected chi connectivity index (χ3v) is 4.34. The van der Waals surface area contributed by atoms with Crippen LogP contribution in [0.25, 0.3) is 0 Å². The Balaban J connectivity index is 2.13. The summed E-state index contributed by atoms with van der Waals surface area (Å²) >= 11 is 1.78. The lowest BCUT2D eigenvalue weighted by Gasteiger charge is -2.12. The molecule has 0 saturated heterocycles. The molecule has 0 saturated carbocycles. The van der Waals surface area contributed by atoms with Crippen molar-refractivity contribution in [3.8, 4) is 0 Å². The number of hydrogen-bond donors (Lipinski definition) is 1. The minimum atomic E-state index is -0.457. The van der Waals surface area contributed by atoms with Gasteiger partial charge in [-0.2, -0.15) is 0 Å². The lowest BCUT2D eigenvalue weighted by Crippen LogP contribution is -2.04. The van der Waals surface area contributed by atoms with Crippen LogP contribution >= 0.6 is 11.3 Å². The monoisotopic (exact) mass is 261 g/mol. The molecule has 0 spiro atoms. The summed E-state index contributed by atoms with van der Waals surface area (Å²) in [6, 6.07) is 8.20. The van der Waals surface area contributed by atoms with Crippen molar-refractivity contribution in [1.29, 1.82) is 0 Å². The average molecular weight is 261 g/mol. The molecule has 1 N–H and O–H groups in total. The zero-order chi connectivity index (χ0) is 13.1. The molecule has 0 aliphatic heterocycles. The summed E-state index contributed by atoms with van der Waals surface area (Å²) in [4.78, 5) is 7.01. The Morgan fingerprint density at radius 1 is 1.17 bits per heavy atom. The predicted molar refractivity (Wildman–Crippen MR) is 76.1 cm³/mol. The van der Waals surface area contributed by atoms with Gasteiger partial charge in [-0.05, 0) is 38.5 Å². The maximum atomic E-state index is 10.3. The normalized spacial score (nSPS) is 12.7. The quantitative estimate of drug-likeness (QED) is 0.912. The van der Waals surface area contributed by atoms with Gasteiger partial charge in [-0.1, -0.05) is 13.0 Å². The molecule has 0 aliphatic rings. The predicted octanol–water partition coefficient (Wildman–Crippen LogP) is 3.60. The van der Waals surface area contributed by atoms with Gasteiger partial charge in [0.05, 0.1) is 6.10 Å². The zero-order valence-electron chi connectivity index (χ0n) is 11.1. The van der Waals surface area contributed by atoms with Gasteiger partial charge in [-0.25, -0.2) is 0 Å². The van der Waals surface area contributed by atoms with Crippen molar-refractivity contribution in [3.63, 3.8) is 0 Å². The Bertz CT molecular complexity index is 533. The first-order chi connectivity index (χ1) is 8.60. The third kappa shape index (κ3) is 2.98. The minimum absolute atomic E-state index is 0.457. The van der Waals surface area contributed by atoms with E-state index in [-0.39, 0.29) is 0 Å². The highest BCUT2D eigenvalue weighted by molar-refractivity contribution is 7.11. The summed E-state index contributed by atoms with van der Waals surface area (Å²) in [6.07, 6.45) is 1.28. The average Bonchev–Trinajstić information content (AvgIpc) is 2.76. The van der Waals surface area contributed by atoms with Gasteiger partial charge in [-0.15, -0.1) is 11.3 Å². The summed E-state index contributed by atoms with van der Waals surface area (Å²) in [6.45, 7) is 6.08. The topological polar surface area (TPSA) is 33.1 Å². The highest BCUT2D eigenvalue weighted by Crippen LogP contribution is 2.25. The van der Waals surface area contributed by atoms with Crippen LogP contribution in [-0.2, 0) is 12.8 Å². The number of aryl methyl sites for hydroxylation is 3. The second-order valence-electron chi connectivity index (χ2n) is 4.57. The Morgan fingerprint density at radius 2 is 1.89 bits per heavy atom. The highest BCUT2D eigenvalue weighted by atomic mass is 32.1. The number of aliphatic hydroxyl groups is 1. The standard InChI is InChI=1S/C15H19NOS/c1-4-12-6-7-13(18-12)9-15(17)14-8-5-10(2)16-11(14)3/h5-8,15,17H,4,9H2,1-3H3. The summed E-state index contributed by atoms with van der Waals surface area (Å²) in [5.41, 5.74) is 2.86. The number of aliphatic hydroxyl groups excluding tert-OH is 1. The van der Waals surface area contributed by atoms with Crippen molar-refractivity contribution in [3.05, 3.63) is 51.0 Å². The lowest BCUT2D eigenvalue weighted by molar-refractivity contribution is 0.178. The Kier molecular flexibility index (Phi) is 4.15. The van der Waals surface area contributed by atoms with Crippen molar-refractivity contribution >= 4 is 11.3 Å². The van der Waals surface area contributed by atoms with Crippen LogP contribution < -0.4 is 0 Å². The molecular formula is C15H19NOS. The molecule has 0 amide bonds. The summed E-state index contributed by atoms with van der Waals surface area (Å²) in [5.74, 6) is 0. The fourth-order valence-corrected chi connectivity index (χ4v) is 3.07. The number of rotatable bonds is 4. The number of aromatic nitrogens is 1. The van der Waals surface area contributed by atoms with E-state index in [1.807, 2.05) is 26.0 Å². The van der Waals surface area contributed by atoms with E-state index in [1.54, 1.807) is 11.3 Å². The van der Waals surface area contributed by atoms with E-state index in [4.69, 9.17) is 0 Å². The number of hydrogen-bond acceptors (Lipinski definition) is 3. The highest BCUT2D eigenvalue weighted by Gasteiger charge is 2.13. The molecular weight excluding hydrogens is 242 g/mol. The fraction of sp³-hybridized carbons (Fsp3) is 0.400. The number of thiophene rings is 1. The van der Waals surface area contributed by atoms with Gasteiger partial charge < -0.3 is 5.11 Å². The van der Waals surface area contributed by atoms with Crippen LogP contribution in [0.3, 0.4) is 0 Å². The molecule has 0 bridgehead atoms. The molecule has 2 aromatic heterocycles. The molecule has 0 aromatic carbocycles. The van der Waals surface area contributed by atoms with Crippen molar-refractivity contribution in [2.45, 2.75) is 39.7 Å². The van der Waals surface area contributed by atoms with Gasteiger partial charge in [0.15, 0.2) is 0 Å². The van der Waals surface area contributed by atoms with Crippen molar-refractivity contribution < 1.29 is 5.11 Å². The van der Waals surface area contributed by atoms with E-state index in [0.29, 0.717) is 6.42 Å². The van der Waals surface area contributed by atoms with Gasteiger partial charge >= 0.3 is 0 Å². The molecule has 96 valence electrons. The maximum absolute atomic E-state index is 10.3. The van der Waals surface area contributed by atoms with Gasteiger partial charge in [0.2, 0.25) is 0 Å². The van der Waals surface area contributed by atoms with Crippen molar-refractivity contribution in [2.24, 2.45) is 0 Å². The molecule has 2 aromatic rings. The minimum Gasteiger partial charge on any atom is -0.388 e. The van der Waals surface area contributed by atoms with E-state index in [1.165, 1.54) is 9.75 Å². The van der Waals surface area contributed by atoms with Crippen LogP contribution in [0.1, 0.15) is 39.7 Å². The molecule has 0 fully saturated rings. The van der Waals surface area contributed by atoms with Crippen LogP contribution in [0.2, 0.25) is 0 Å². The first-order valence-corrected chi connectivity index (χ1v) is 7.11. The van der Waals surface area contributed by atoms with Gasteiger partial charge in [0.25, 0.3) is 0 Å². The molecule has 1 atom stereocenters. The summed E-state index contributed by atoms with van der Waals surface area (Å²) in [7, 11) is 0. The summed E-state index contributed by atoms with van der Waals surface area (Å²) < 4.78 is 0. The molecule has 1 unspecified atom stereocenters. The molecule has 3 heteroatoms. The Labute approximate surface area is 112 Å². The van der Waals surface area contributed by atoms with Crippen molar-refractivity contribution in [2.75, 3.05) is 0 Å². The van der Waals surface area contributed by atoms with Gasteiger partial charge in [-0.3, -0.25) is 4.98 Å². The molecule has 2 heterocycles. The zero-order valence-corrected chi connectivity index (χ0v) is 11.9. The Morgan fingerprint density at radius 3 is 2.50 bits per heavy atom. The maximum Gasteiger partial charge on any atom is 0.0855 e. The van der Waals surface area contributed by atoms with Crippen LogP contribution in [0.4, 0.5) is 0 Å². The number of nitrogens with zero attached hydrogens (tertiary/aromatic N) is 1. The van der Waals surface area contributed by atoms with Crippen LogP contribution in [0.5, 0.6) is 0 Å². The van der Waals surface area contributed by atoms with E-state index in [0.717, 1.165) is 23.4 Å². The molecule has 2 nitrogen and oxygen atoms in total. The van der Waals surface area contributed by atoms with Crippen LogP contribution in [0, 0.1) is 13.8 Å². The van der Waals surface area contributed by atoms with Gasteiger partial charge in [0, 0.05) is 33.1 Å². The smallest absolute Gasteiger partial charge is 0.0855 e. The Hall–Kier alpha value is -1.19. The molecule has 0 radical (unpaired) electrons. The van der Waals surface area contributed by atoms with E-state index >= 15 is 0 Å². The molecule has 18 heavy (non-hydrogen) atoms. The van der Waals surface area contributed by atoms with Crippen molar-refractivity contribution in [1.82, 2.24) is 4.98 Å². The van der Waals surface area contributed by atoms with E-state index < -0.39 is 6.10 Å². The van der Waals surface area contributed by atoms with Crippen LogP contribution in [0.15, 0.2) is 24.3 Å². The molecule has 0 aliphatic carbocycles. The molecule has 2 rings (SSSR count). The number of pyridine rings is 1. The van der Waals surface area contributed by atoms with Crippen LogP contribution in [-0.4, -0.2) is 10.1 Å². The van der Waals surface area contributed by atoms with Gasteiger partial charge in [0.1, 0.15) is 0 Å². The first kappa shape index (κ1) is 13.2. The second-order valence-corrected chi connectivity index (χ2v) is 5.82. The first-order valence-electron chi connectivity index (χ1n) is 6.30. The second kappa shape index (κ2) is 5.63. The van der Waals surface area contributed by atoms with E-state index in [9.17, 15) is 5.11 Å². The fourth-order valence-electron chi connectivity index (χ4n) is 2.07. The third-order valence-electron chi connectivity index (χ3n) is 3.09. The summed E-state index contributed by atoms with van der Waals surface area (Å²) in [5, 5.41) is 10.3. The SMILES string of the molecule is CCc1ccc(CC(O)c2ccc(C)nc2C)s1.